The summed E-state index contributed by atoms with van der Waals surface area (Å²) >= 11 is 0. The Labute approximate surface area is 164 Å². The maximum Gasteiger partial charge on any atom is 0.227 e. The van der Waals surface area contributed by atoms with E-state index in [9.17, 15) is 0 Å². The lowest BCUT2D eigenvalue weighted by atomic mass is 10.3. The summed E-state index contributed by atoms with van der Waals surface area (Å²) in [6.07, 6.45) is 5.88. The predicted octanol–water partition coefficient (Wildman–Crippen LogP) is 1.39. The van der Waals surface area contributed by atoms with Crippen LogP contribution in [0.25, 0.3) is 11.2 Å². The molecule has 2 aliphatic heterocycles. The van der Waals surface area contributed by atoms with E-state index in [1.807, 2.05) is 11.6 Å². The summed E-state index contributed by atoms with van der Waals surface area (Å²) in [6, 6.07) is 2.09. The van der Waals surface area contributed by atoms with Crippen LogP contribution in [0.2, 0.25) is 0 Å². The molecule has 0 radical (unpaired) electrons. The SMILES string of the molecule is Cc1cc(N2CCN(c3ncnc4c3ncn4C)CC2)nc(N2CCCC2)n1. The van der Waals surface area contributed by atoms with Crippen LogP contribution in [0, 0.1) is 6.92 Å². The van der Waals surface area contributed by atoms with Gasteiger partial charge in [-0.1, -0.05) is 0 Å². The number of nitrogens with zero attached hydrogens (tertiary/aromatic N) is 9. The van der Waals surface area contributed by atoms with Crippen LogP contribution >= 0.6 is 0 Å². The average Bonchev–Trinajstić information content (AvgIpc) is 3.38. The molecule has 2 saturated heterocycles. The van der Waals surface area contributed by atoms with E-state index in [0.717, 1.165) is 73.7 Å². The topological polar surface area (TPSA) is 79.1 Å². The Morgan fingerprint density at radius 1 is 0.821 bits per heavy atom. The zero-order valence-electron chi connectivity index (χ0n) is 16.4. The highest BCUT2D eigenvalue weighted by molar-refractivity contribution is 5.83. The van der Waals surface area contributed by atoms with Gasteiger partial charge in [0.05, 0.1) is 6.33 Å². The molecule has 2 fully saturated rings. The smallest absolute Gasteiger partial charge is 0.227 e. The fourth-order valence-electron chi connectivity index (χ4n) is 4.07. The number of hydrogen-bond acceptors (Lipinski definition) is 8. The molecule has 0 aromatic carbocycles. The minimum Gasteiger partial charge on any atom is -0.353 e. The molecule has 0 amide bonds. The first kappa shape index (κ1) is 17.2. The van der Waals surface area contributed by atoms with E-state index in [1.54, 1.807) is 12.7 Å². The van der Waals surface area contributed by atoms with Crippen LogP contribution in [0.3, 0.4) is 0 Å². The zero-order chi connectivity index (χ0) is 19.1. The molecule has 146 valence electrons. The summed E-state index contributed by atoms with van der Waals surface area (Å²) in [5, 5.41) is 0. The third-order valence-corrected chi connectivity index (χ3v) is 5.60. The monoisotopic (exact) mass is 379 g/mol. The molecule has 2 aliphatic rings. The minimum atomic E-state index is 0.868. The quantitative estimate of drug-likeness (QED) is 0.676. The maximum absolute atomic E-state index is 4.87. The van der Waals surface area contributed by atoms with Crippen molar-refractivity contribution in [3.05, 3.63) is 24.4 Å². The molecule has 0 bridgehead atoms. The van der Waals surface area contributed by atoms with E-state index >= 15 is 0 Å². The number of aromatic nitrogens is 6. The standard InChI is InChI=1S/C19H25N9/c1-14-11-15(24-19(23-14)28-5-3-4-6-28)26-7-9-27(10-8-26)18-16-17(20-12-21-18)25(2)13-22-16/h11-13H,3-10H2,1-2H3. The predicted molar refractivity (Wildman–Crippen MR) is 109 cm³/mol. The summed E-state index contributed by atoms with van der Waals surface area (Å²) in [4.78, 5) is 29.8. The van der Waals surface area contributed by atoms with Crippen LogP contribution in [0.1, 0.15) is 18.5 Å². The van der Waals surface area contributed by atoms with Crippen LogP contribution in [-0.4, -0.2) is 68.8 Å². The normalized spacial score (nSPS) is 17.7. The number of rotatable bonds is 3. The largest absolute Gasteiger partial charge is 0.353 e. The van der Waals surface area contributed by atoms with E-state index in [4.69, 9.17) is 4.98 Å². The second-order valence-electron chi connectivity index (χ2n) is 7.56. The van der Waals surface area contributed by atoms with Crippen LogP contribution in [0.5, 0.6) is 0 Å². The lowest BCUT2D eigenvalue weighted by Crippen LogP contribution is -2.47. The number of anilines is 3. The Kier molecular flexibility index (Phi) is 4.22. The van der Waals surface area contributed by atoms with Gasteiger partial charge in [-0.05, 0) is 19.8 Å². The van der Waals surface area contributed by atoms with Gasteiger partial charge in [0, 0.05) is 58.1 Å². The highest BCUT2D eigenvalue weighted by atomic mass is 15.3. The highest BCUT2D eigenvalue weighted by Gasteiger charge is 2.24. The molecule has 0 unspecified atom stereocenters. The molecule has 28 heavy (non-hydrogen) atoms. The number of piperazine rings is 1. The van der Waals surface area contributed by atoms with Gasteiger partial charge in [-0.2, -0.15) is 4.98 Å². The van der Waals surface area contributed by atoms with Crippen molar-refractivity contribution in [1.82, 2.24) is 29.5 Å². The van der Waals surface area contributed by atoms with Gasteiger partial charge in [-0.15, -0.1) is 0 Å². The molecule has 9 heteroatoms. The van der Waals surface area contributed by atoms with E-state index in [1.165, 1.54) is 12.8 Å². The number of aryl methyl sites for hydroxylation is 2. The van der Waals surface area contributed by atoms with Crippen LogP contribution in [-0.2, 0) is 7.05 Å². The summed E-state index contributed by atoms with van der Waals surface area (Å²) < 4.78 is 1.93. The lowest BCUT2D eigenvalue weighted by Gasteiger charge is -2.36. The van der Waals surface area contributed by atoms with Crippen molar-refractivity contribution in [3.63, 3.8) is 0 Å². The second kappa shape index (κ2) is 6.88. The molecule has 0 aliphatic carbocycles. The van der Waals surface area contributed by atoms with Gasteiger partial charge in [-0.3, -0.25) is 0 Å². The number of imidazole rings is 1. The van der Waals surface area contributed by atoms with Crippen molar-refractivity contribution in [2.75, 3.05) is 54.0 Å². The van der Waals surface area contributed by atoms with Crippen LogP contribution in [0.15, 0.2) is 18.7 Å². The van der Waals surface area contributed by atoms with Gasteiger partial charge in [0.15, 0.2) is 17.0 Å². The van der Waals surface area contributed by atoms with E-state index < -0.39 is 0 Å². The van der Waals surface area contributed by atoms with Gasteiger partial charge in [0.2, 0.25) is 5.95 Å². The van der Waals surface area contributed by atoms with E-state index in [0.29, 0.717) is 0 Å². The molecule has 0 N–H and O–H groups in total. The van der Waals surface area contributed by atoms with Gasteiger partial charge < -0.3 is 19.3 Å². The Balaban J connectivity index is 1.34. The van der Waals surface area contributed by atoms with E-state index in [2.05, 4.69) is 47.6 Å². The Morgan fingerprint density at radius 2 is 1.57 bits per heavy atom. The molecule has 5 heterocycles. The van der Waals surface area contributed by atoms with Crippen molar-refractivity contribution < 1.29 is 0 Å². The Morgan fingerprint density at radius 3 is 2.36 bits per heavy atom. The molecule has 3 aromatic heterocycles. The zero-order valence-corrected chi connectivity index (χ0v) is 16.4. The summed E-state index contributed by atoms with van der Waals surface area (Å²) in [7, 11) is 1.96. The van der Waals surface area contributed by atoms with Gasteiger partial charge in [0.1, 0.15) is 12.1 Å². The van der Waals surface area contributed by atoms with Crippen molar-refractivity contribution in [3.8, 4) is 0 Å². The third-order valence-electron chi connectivity index (χ3n) is 5.60. The van der Waals surface area contributed by atoms with Crippen molar-refractivity contribution in [1.29, 1.82) is 0 Å². The van der Waals surface area contributed by atoms with E-state index in [-0.39, 0.29) is 0 Å². The van der Waals surface area contributed by atoms with Crippen molar-refractivity contribution in [2.45, 2.75) is 19.8 Å². The van der Waals surface area contributed by atoms with Gasteiger partial charge in [-0.25, -0.2) is 19.9 Å². The fourth-order valence-corrected chi connectivity index (χ4v) is 4.07. The molecular formula is C19H25N9. The Hall–Kier alpha value is -2.97. The first-order valence-electron chi connectivity index (χ1n) is 9.91. The highest BCUT2D eigenvalue weighted by Crippen LogP contribution is 2.25. The summed E-state index contributed by atoms with van der Waals surface area (Å²) in [5.41, 5.74) is 2.77. The fraction of sp³-hybridized carbons (Fsp3) is 0.526. The maximum atomic E-state index is 4.87. The summed E-state index contributed by atoms with van der Waals surface area (Å²) in [5.74, 6) is 2.82. The molecular weight excluding hydrogens is 354 g/mol. The summed E-state index contributed by atoms with van der Waals surface area (Å²) in [6.45, 7) is 7.73. The van der Waals surface area contributed by atoms with Crippen LogP contribution in [0.4, 0.5) is 17.6 Å². The molecule has 0 saturated carbocycles. The van der Waals surface area contributed by atoms with Crippen molar-refractivity contribution in [2.24, 2.45) is 7.05 Å². The minimum absolute atomic E-state index is 0.868. The molecule has 5 rings (SSSR count). The Bertz CT molecular complexity index is 984. The van der Waals surface area contributed by atoms with Crippen LogP contribution < -0.4 is 14.7 Å². The molecule has 0 spiro atoms. The van der Waals surface area contributed by atoms with Crippen molar-refractivity contribution >= 4 is 28.7 Å². The molecule has 9 nitrogen and oxygen atoms in total. The average molecular weight is 379 g/mol. The van der Waals surface area contributed by atoms with Gasteiger partial charge >= 0.3 is 0 Å². The molecule has 0 atom stereocenters. The third kappa shape index (κ3) is 3.00. The number of hydrogen-bond donors (Lipinski definition) is 0. The van der Waals surface area contributed by atoms with Gasteiger partial charge in [0.25, 0.3) is 0 Å². The lowest BCUT2D eigenvalue weighted by molar-refractivity contribution is 0.641. The first-order valence-corrected chi connectivity index (χ1v) is 9.91. The second-order valence-corrected chi connectivity index (χ2v) is 7.56. The first-order chi connectivity index (χ1) is 13.7. The molecule has 3 aromatic rings. The number of fused-ring (bicyclic) bond motifs is 1.